The van der Waals surface area contributed by atoms with E-state index in [1.165, 1.54) is 0 Å². The van der Waals surface area contributed by atoms with Crippen molar-refractivity contribution < 1.29 is 9.53 Å². The lowest BCUT2D eigenvalue weighted by atomic mass is 10.1. The Morgan fingerprint density at radius 2 is 1.64 bits per heavy atom. The lowest BCUT2D eigenvalue weighted by Gasteiger charge is -2.27. The van der Waals surface area contributed by atoms with Crippen LogP contribution in [0.15, 0.2) is 54.6 Å². The normalized spacial score (nSPS) is 11.0. The SMILES string of the molecule is CNNc1cccc(CN(Cc2ccccc2)C(=O)OC(C)(C)C)c1. The molecule has 1 amide bonds. The van der Waals surface area contributed by atoms with E-state index < -0.39 is 5.60 Å². The molecule has 2 N–H and O–H groups in total. The minimum absolute atomic E-state index is 0.316. The number of rotatable bonds is 6. The van der Waals surface area contributed by atoms with Crippen LogP contribution in [0.3, 0.4) is 0 Å². The van der Waals surface area contributed by atoms with Gasteiger partial charge in [0, 0.05) is 25.8 Å². The average molecular weight is 341 g/mol. The number of ether oxygens (including phenoxy) is 1. The van der Waals surface area contributed by atoms with Crippen LogP contribution in [0.25, 0.3) is 0 Å². The van der Waals surface area contributed by atoms with Gasteiger partial charge in [-0.05, 0) is 44.0 Å². The van der Waals surface area contributed by atoms with Crippen molar-refractivity contribution in [1.82, 2.24) is 10.3 Å². The summed E-state index contributed by atoms with van der Waals surface area (Å²) in [4.78, 5) is 14.4. The maximum atomic E-state index is 12.7. The van der Waals surface area contributed by atoms with Crippen LogP contribution in [0, 0.1) is 0 Å². The molecule has 0 aliphatic heterocycles. The first-order valence-electron chi connectivity index (χ1n) is 8.41. The summed E-state index contributed by atoms with van der Waals surface area (Å²) >= 11 is 0. The summed E-state index contributed by atoms with van der Waals surface area (Å²) in [7, 11) is 1.81. The van der Waals surface area contributed by atoms with Crippen molar-refractivity contribution in [2.45, 2.75) is 39.5 Å². The van der Waals surface area contributed by atoms with Gasteiger partial charge in [-0.2, -0.15) is 0 Å². The number of nitrogens with zero attached hydrogens (tertiary/aromatic N) is 1. The van der Waals surface area contributed by atoms with Gasteiger partial charge < -0.3 is 10.2 Å². The predicted molar refractivity (Wildman–Crippen MR) is 101 cm³/mol. The molecule has 25 heavy (non-hydrogen) atoms. The van der Waals surface area contributed by atoms with Gasteiger partial charge >= 0.3 is 6.09 Å². The van der Waals surface area contributed by atoms with E-state index in [2.05, 4.69) is 10.9 Å². The molecule has 0 heterocycles. The van der Waals surface area contributed by atoms with E-state index in [0.717, 1.165) is 16.8 Å². The zero-order valence-electron chi connectivity index (χ0n) is 15.4. The van der Waals surface area contributed by atoms with Crippen LogP contribution < -0.4 is 10.9 Å². The third-order valence-corrected chi connectivity index (χ3v) is 3.44. The van der Waals surface area contributed by atoms with Gasteiger partial charge in [-0.15, -0.1) is 0 Å². The summed E-state index contributed by atoms with van der Waals surface area (Å²) in [6.07, 6.45) is -0.316. The van der Waals surface area contributed by atoms with Crippen LogP contribution in [0.2, 0.25) is 0 Å². The molecule has 2 aromatic rings. The summed E-state index contributed by atoms with van der Waals surface area (Å²) in [5.41, 5.74) is 8.48. The Labute approximate surface area is 150 Å². The molecule has 5 heteroatoms. The number of carbonyl (C=O) groups excluding carboxylic acids is 1. The van der Waals surface area contributed by atoms with Crippen LogP contribution in [0.5, 0.6) is 0 Å². The van der Waals surface area contributed by atoms with Crippen molar-refractivity contribution in [2.75, 3.05) is 12.5 Å². The molecule has 0 bridgehead atoms. The van der Waals surface area contributed by atoms with Gasteiger partial charge in [-0.1, -0.05) is 42.5 Å². The van der Waals surface area contributed by atoms with Gasteiger partial charge in [-0.25, -0.2) is 10.2 Å². The van der Waals surface area contributed by atoms with Gasteiger partial charge in [0.2, 0.25) is 0 Å². The quantitative estimate of drug-likeness (QED) is 0.774. The number of benzene rings is 2. The molecule has 0 atom stereocenters. The van der Waals surface area contributed by atoms with Crippen molar-refractivity contribution in [3.63, 3.8) is 0 Å². The maximum absolute atomic E-state index is 12.7. The summed E-state index contributed by atoms with van der Waals surface area (Å²) < 4.78 is 5.58. The van der Waals surface area contributed by atoms with Gasteiger partial charge in [0.05, 0.1) is 0 Å². The van der Waals surface area contributed by atoms with Crippen molar-refractivity contribution >= 4 is 11.8 Å². The Balaban J connectivity index is 2.18. The van der Waals surface area contributed by atoms with E-state index in [4.69, 9.17) is 4.74 Å². The first-order valence-corrected chi connectivity index (χ1v) is 8.41. The monoisotopic (exact) mass is 341 g/mol. The molecular weight excluding hydrogens is 314 g/mol. The highest BCUT2D eigenvalue weighted by molar-refractivity contribution is 5.68. The molecule has 2 aromatic carbocycles. The molecule has 2 rings (SSSR count). The zero-order valence-corrected chi connectivity index (χ0v) is 15.4. The van der Waals surface area contributed by atoms with Crippen LogP contribution in [0.4, 0.5) is 10.5 Å². The van der Waals surface area contributed by atoms with Gasteiger partial charge in [-0.3, -0.25) is 4.90 Å². The number of amides is 1. The van der Waals surface area contributed by atoms with E-state index in [0.29, 0.717) is 13.1 Å². The Kier molecular flexibility index (Phi) is 6.42. The van der Waals surface area contributed by atoms with Gasteiger partial charge in [0.1, 0.15) is 5.60 Å². The molecule has 0 aliphatic carbocycles. The molecule has 0 aromatic heterocycles. The summed E-state index contributed by atoms with van der Waals surface area (Å²) in [6, 6.07) is 17.9. The number of nitrogens with one attached hydrogen (secondary N) is 2. The molecular formula is C20H27N3O2. The minimum atomic E-state index is -0.526. The molecule has 134 valence electrons. The van der Waals surface area contributed by atoms with Crippen molar-refractivity contribution in [3.8, 4) is 0 Å². The fourth-order valence-corrected chi connectivity index (χ4v) is 2.43. The fraction of sp³-hybridized carbons (Fsp3) is 0.350. The first-order chi connectivity index (χ1) is 11.9. The van der Waals surface area contributed by atoms with Gasteiger partial charge in [0.15, 0.2) is 0 Å². The Bertz CT molecular complexity index is 681. The van der Waals surface area contributed by atoms with E-state index in [9.17, 15) is 4.79 Å². The van der Waals surface area contributed by atoms with Crippen molar-refractivity contribution in [2.24, 2.45) is 0 Å². The molecule has 0 saturated heterocycles. The number of hydrogen-bond acceptors (Lipinski definition) is 4. The Morgan fingerprint density at radius 1 is 1.00 bits per heavy atom. The van der Waals surface area contributed by atoms with Crippen LogP contribution in [-0.4, -0.2) is 23.6 Å². The number of carbonyl (C=O) groups is 1. The topological polar surface area (TPSA) is 53.6 Å². The highest BCUT2D eigenvalue weighted by Gasteiger charge is 2.22. The molecule has 0 unspecified atom stereocenters. The average Bonchev–Trinajstić information content (AvgIpc) is 2.54. The number of hydrogen-bond donors (Lipinski definition) is 2. The Hall–Kier alpha value is -2.53. The second kappa shape index (κ2) is 8.53. The third-order valence-electron chi connectivity index (χ3n) is 3.44. The maximum Gasteiger partial charge on any atom is 0.410 e. The van der Waals surface area contributed by atoms with E-state index in [-0.39, 0.29) is 6.09 Å². The fourth-order valence-electron chi connectivity index (χ4n) is 2.43. The Morgan fingerprint density at radius 3 is 2.28 bits per heavy atom. The highest BCUT2D eigenvalue weighted by atomic mass is 16.6. The van der Waals surface area contributed by atoms with Crippen molar-refractivity contribution in [1.29, 1.82) is 0 Å². The smallest absolute Gasteiger partial charge is 0.410 e. The van der Waals surface area contributed by atoms with Crippen LogP contribution >= 0.6 is 0 Å². The van der Waals surface area contributed by atoms with E-state index in [1.54, 1.807) is 4.90 Å². The number of anilines is 1. The summed E-state index contributed by atoms with van der Waals surface area (Å²) in [6.45, 7) is 6.61. The molecule has 0 radical (unpaired) electrons. The zero-order chi connectivity index (χ0) is 18.3. The standard InChI is InChI=1S/C20H27N3O2/c1-20(2,3)25-19(24)23(14-16-9-6-5-7-10-16)15-17-11-8-12-18(13-17)22-21-4/h5-13,21-22H,14-15H2,1-4H3. The summed E-state index contributed by atoms with van der Waals surface area (Å²) in [5.74, 6) is 0. The highest BCUT2D eigenvalue weighted by Crippen LogP contribution is 2.17. The molecule has 0 aliphatic rings. The largest absolute Gasteiger partial charge is 0.444 e. The first kappa shape index (κ1) is 18.8. The minimum Gasteiger partial charge on any atom is -0.444 e. The summed E-state index contributed by atoms with van der Waals surface area (Å²) in [5, 5.41) is 0. The second-order valence-electron chi connectivity index (χ2n) is 6.90. The lowest BCUT2D eigenvalue weighted by Crippen LogP contribution is -2.36. The molecule has 5 nitrogen and oxygen atoms in total. The van der Waals surface area contributed by atoms with Crippen LogP contribution in [0.1, 0.15) is 31.9 Å². The molecule has 0 spiro atoms. The third kappa shape index (κ3) is 6.47. The lowest BCUT2D eigenvalue weighted by molar-refractivity contribution is 0.0216. The van der Waals surface area contributed by atoms with Crippen LogP contribution in [-0.2, 0) is 17.8 Å². The van der Waals surface area contributed by atoms with Gasteiger partial charge in [0.25, 0.3) is 0 Å². The molecule has 0 fully saturated rings. The predicted octanol–water partition coefficient (Wildman–Crippen LogP) is 4.17. The second-order valence-corrected chi connectivity index (χ2v) is 6.90. The van der Waals surface area contributed by atoms with Crippen molar-refractivity contribution in [3.05, 3.63) is 65.7 Å². The molecule has 0 saturated carbocycles. The number of hydrazine groups is 1. The van der Waals surface area contributed by atoms with E-state index in [1.807, 2.05) is 82.4 Å². The van der Waals surface area contributed by atoms with E-state index >= 15 is 0 Å².